The zero-order chi connectivity index (χ0) is 28.2. The number of nitrogens with zero attached hydrogens (tertiary/aromatic N) is 4. The van der Waals surface area contributed by atoms with Crippen LogP contribution in [0, 0.1) is 0 Å². The fourth-order valence-electron chi connectivity index (χ4n) is 5.30. The normalized spacial score (nSPS) is 16.9. The third-order valence-electron chi connectivity index (χ3n) is 7.63. The summed E-state index contributed by atoms with van der Waals surface area (Å²) < 4.78 is 5.42. The zero-order valence-corrected chi connectivity index (χ0v) is 22.7. The summed E-state index contributed by atoms with van der Waals surface area (Å²) in [6, 6.07) is 23.2. The molecule has 2 saturated heterocycles. The van der Waals surface area contributed by atoms with Crippen LogP contribution >= 0.6 is 0 Å². The van der Waals surface area contributed by atoms with Crippen molar-refractivity contribution in [2.24, 2.45) is 0 Å². The molecule has 0 bridgehead atoms. The number of rotatable bonds is 6. The topological polar surface area (TPSA) is 114 Å². The monoisotopic (exact) mass is 548 g/mol. The van der Waals surface area contributed by atoms with Crippen LogP contribution in [0.15, 0.2) is 85.2 Å². The minimum atomic E-state index is -0.304. The SMILES string of the molecule is Nc1ncc(-c2ccc(N3CCOCC3)nc2)cc1C(=O)NC1CCN(C(=O)c2ccc(-c3ccccc3)cc2)C1. The van der Waals surface area contributed by atoms with Crippen molar-refractivity contribution in [2.75, 3.05) is 50.0 Å². The van der Waals surface area contributed by atoms with Crippen molar-refractivity contribution in [3.63, 3.8) is 0 Å². The highest BCUT2D eigenvalue weighted by atomic mass is 16.5. The molecule has 0 saturated carbocycles. The second kappa shape index (κ2) is 11.8. The highest BCUT2D eigenvalue weighted by Gasteiger charge is 2.29. The van der Waals surface area contributed by atoms with Crippen LogP contribution in [0.4, 0.5) is 11.6 Å². The Morgan fingerprint density at radius 2 is 1.54 bits per heavy atom. The molecule has 2 amide bonds. The first-order chi connectivity index (χ1) is 20.0. The first-order valence-corrected chi connectivity index (χ1v) is 13.9. The molecule has 208 valence electrons. The van der Waals surface area contributed by atoms with Crippen LogP contribution in [0.5, 0.6) is 0 Å². The van der Waals surface area contributed by atoms with Gasteiger partial charge in [-0.1, -0.05) is 42.5 Å². The summed E-state index contributed by atoms with van der Waals surface area (Å²) >= 11 is 0. The maximum absolute atomic E-state index is 13.2. The Morgan fingerprint density at radius 3 is 2.27 bits per heavy atom. The van der Waals surface area contributed by atoms with Crippen LogP contribution in [0.3, 0.4) is 0 Å². The van der Waals surface area contributed by atoms with Gasteiger partial charge in [0, 0.05) is 61.3 Å². The number of nitrogens with one attached hydrogen (secondary N) is 1. The molecule has 3 N–H and O–H groups in total. The third kappa shape index (κ3) is 5.90. The largest absolute Gasteiger partial charge is 0.383 e. The summed E-state index contributed by atoms with van der Waals surface area (Å²) in [5, 5.41) is 3.05. The van der Waals surface area contributed by atoms with Crippen molar-refractivity contribution in [1.82, 2.24) is 20.2 Å². The van der Waals surface area contributed by atoms with Crippen molar-refractivity contribution in [3.05, 3.63) is 96.3 Å². The van der Waals surface area contributed by atoms with Gasteiger partial charge in [-0.15, -0.1) is 0 Å². The number of pyridine rings is 2. The number of aromatic nitrogens is 2. The minimum absolute atomic E-state index is 0.0439. The summed E-state index contributed by atoms with van der Waals surface area (Å²) in [4.78, 5) is 39.2. The van der Waals surface area contributed by atoms with Crippen molar-refractivity contribution < 1.29 is 14.3 Å². The summed E-state index contributed by atoms with van der Waals surface area (Å²) in [5.74, 6) is 0.707. The Bertz CT molecular complexity index is 1520. The Balaban J connectivity index is 1.08. The number of amides is 2. The molecule has 9 heteroatoms. The molecule has 0 spiro atoms. The van der Waals surface area contributed by atoms with E-state index in [0.29, 0.717) is 43.9 Å². The number of benzene rings is 2. The number of morpholine rings is 1. The number of anilines is 2. The average Bonchev–Trinajstić information content (AvgIpc) is 3.50. The molecule has 0 radical (unpaired) electrons. The van der Waals surface area contributed by atoms with Gasteiger partial charge in [0.1, 0.15) is 11.6 Å². The molecule has 2 aliphatic rings. The number of carbonyl (C=O) groups is 2. The lowest BCUT2D eigenvalue weighted by Gasteiger charge is -2.27. The lowest BCUT2D eigenvalue weighted by molar-refractivity contribution is 0.0783. The van der Waals surface area contributed by atoms with E-state index in [1.54, 1.807) is 23.4 Å². The maximum Gasteiger partial charge on any atom is 0.255 e. The molecule has 2 fully saturated rings. The van der Waals surface area contributed by atoms with E-state index in [9.17, 15) is 9.59 Å². The molecule has 0 aliphatic carbocycles. The van der Waals surface area contributed by atoms with Gasteiger partial charge in [0.2, 0.25) is 0 Å². The molecule has 4 aromatic rings. The van der Waals surface area contributed by atoms with E-state index >= 15 is 0 Å². The van der Waals surface area contributed by atoms with Crippen LogP contribution in [-0.4, -0.2) is 72.1 Å². The van der Waals surface area contributed by atoms with Crippen molar-refractivity contribution in [2.45, 2.75) is 12.5 Å². The summed E-state index contributed by atoms with van der Waals surface area (Å²) in [7, 11) is 0. The fourth-order valence-corrected chi connectivity index (χ4v) is 5.30. The van der Waals surface area contributed by atoms with Crippen LogP contribution in [0.2, 0.25) is 0 Å². The number of nitrogen functional groups attached to an aromatic ring is 1. The number of ether oxygens (including phenoxy) is 1. The molecule has 2 aliphatic heterocycles. The number of nitrogens with two attached hydrogens (primary N) is 1. The Hall–Kier alpha value is -4.76. The summed E-state index contributed by atoms with van der Waals surface area (Å²) in [5.41, 5.74) is 10.8. The highest BCUT2D eigenvalue weighted by molar-refractivity contribution is 6.00. The van der Waals surface area contributed by atoms with Gasteiger partial charge >= 0.3 is 0 Å². The second-order valence-corrected chi connectivity index (χ2v) is 10.3. The number of hydrogen-bond donors (Lipinski definition) is 2. The zero-order valence-electron chi connectivity index (χ0n) is 22.7. The molecular formula is C32H32N6O3. The predicted molar refractivity (Wildman–Crippen MR) is 159 cm³/mol. The van der Waals surface area contributed by atoms with E-state index in [-0.39, 0.29) is 23.7 Å². The Labute approximate surface area is 239 Å². The number of hydrogen-bond acceptors (Lipinski definition) is 7. The quantitative estimate of drug-likeness (QED) is 0.376. The van der Waals surface area contributed by atoms with Gasteiger partial charge in [-0.25, -0.2) is 9.97 Å². The second-order valence-electron chi connectivity index (χ2n) is 10.3. The molecule has 2 aromatic heterocycles. The van der Waals surface area contributed by atoms with Gasteiger partial charge in [-0.3, -0.25) is 9.59 Å². The molecule has 41 heavy (non-hydrogen) atoms. The van der Waals surface area contributed by atoms with Crippen molar-refractivity contribution in [1.29, 1.82) is 0 Å². The van der Waals surface area contributed by atoms with Crippen LogP contribution in [0.1, 0.15) is 27.1 Å². The van der Waals surface area contributed by atoms with Gasteiger partial charge < -0.3 is 25.6 Å². The first-order valence-electron chi connectivity index (χ1n) is 13.9. The Kier molecular flexibility index (Phi) is 7.60. The molecule has 1 unspecified atom stereocenters. The standard InChI is InChI=1S/C32H32N6O3/c33-30-28(18-26(20-35-30)25-10-11-29(34-19-25)37-14-16-41-17-15-37)31(39)36-27-12-13-38(21-27)32(40)24-8-6-23(7-9-24)22-4-2-1-3-5-22/h1-11,18-20,27H,12-17,21H2,(H2,33,35)(H,36,39). The lowest BCUT2D eigenvalue weighted by Crippen LogP contribution is -2.38. The highest BCUT2D eigenvalue weighted by Crippen LogP contribution is 2.25. The van der Waals surface area contributed by atoms with E-state index < -0.39 is 0 Å². The predicted octanol–water partition coefficient (Wildman–Crippen LogP) is 3.87. The van der Waals surface area contributed by atoms with E-state index in [2.05, 4.69) is 20.2 Å². The van der Waals surface area contributed by atoms with Crippen molar-refractivity contribution in [3.8, 4) is 22.3 Å². The van der Waals surface area contributed by atoms with Gasteiger partial charge in [-0.05, 0) is 47.9 Å². The fraction of sp³-hybridized carbons (Fsp3) is 0.250. The summed E-state index contributed by atoms with van der Waals surface area (Å²) in [6.07, 6.45) is 4.10. The van der Waals surface area contributed by atoms with Gasteiger partial charge in [-0.2, -0.15) is 0 Å². The first kappa shape index (κ1) is 26.5. The maximum atomic E-state index is 13.2. The molecule has 4 heterocycles. The molecule has 2 aromatic carbocycles. The van der Waals surface area contributed by atoms with Gasteiger partial charge in [0.15, 0.2) is 0 Å². The van der Waals surface area contributed by atoms with Crippen molar-refractivity contribution >= 4 is 23.5 Å². The number of carbonyl (C=O) groups excluding carboxylic acids is 2. The summed E-state index contributed by atoms with van der Waals surface area (Å²) in [6.45, 7) is 4.01. The molecule has 6 rings (SSSR count). The minimum Gasteiger partial charge on any atom is -0.383 e. The van der Waals surface area contributed by atoms with Crippen LogP contribution < -0.4 is 16.0 Å². The Morgan fingerprint density at radius 1 is 0.829 bits per heavy atom. The van der Waals surface area contributed by atoms with Gasteiger partial charge in [0.05, 0.1) is 18.8 Å². The van der Waals surface area contributed by atoms with Crippen LogP contribution in [-0.2, 0) is 4.74 Å². The van der Waals surface area contributed by atoms with E-state index in [4.69, 9.17) is 10.5 Å². The number of likely N-dealkylation sites (tertiary alicyclic amines) is 1. The third-order valence-corrected chi connectivity index (χ3v) is 7.63. The van der Waals surface area contributed by atoms with Gasteiger partial charge in [0.25, 0.3) is 11.8 Å². The van der Waals surface area contributed by atoms with E-state index in [1.807, 2.05) is 66.7 Å². The molecular weight excluding hydrogens is 516 g/mol. The average molecular weight is 549 g/mol. The van der Waals surface area contributed by atoms with Crippen LogP contribution in [0.25, 0.3) is 22.3 Å². The lowest BCUT2D eigenvalue weighted by atomic mass is 10.0. The van der Waals surface area contributed by atoms with E-state index in [1.165, 1.54) is 0 Å². The van der Waals surface area contributed by atoms with E-state index in [0.717, 1.165) is 41.2 Å². The molecule has 9 nitrogen and oxygen atoms in total. The smallest absolute Gasteiger partial charge is 0.255 e. The molecule has 1 atom stereocenters.